The van der Waals surface area contributed by atoms with Gasteiger partial charge in [0.25, 0.3) is 5.91 Å². The molecule has 2 aromatic rings. The number of thioether (sulfide) groups is 1. The lowest BCUT2D eigenvalue weighted by Gasteiger charge is -2.56. The van der Waals surface area contributed by atoms with Gasteiger partial charge >= 0.3 is 0 Å². The van der Waals surface area contributed by atoms with Gasteiger partial charge in [0.2, 0.25) is 5.91 Å². The number of amides is 2. The van der Waals surface area contributed by atoms with E-state index in [4.69, 9.17) is 0 Å². The average molecular weight is 453 g/mol. The van der Waals surface area contributed by atoms with E-state index in [-0.39, 0.29) is 28.8 Å². The molecule has 0 atom stereocenters. The van der Waals surface area contributed by atoms with Crippen LogP contribution in [0.2, 0.25) is 0 Å². The maximum absolute atomic E-state index is 14.2. The topological polar surface area (TPSA) is 58.2 Å². The highest BCUT2D eigenvalue weighted by molar-refractivity contribution is 8.00. The Morgan fingerprint density at radius 3 is 2.34 bits per heavy atom. The number of halogens is 1. The summed E-state index contributed by atoms with van der Waals surface area (Å²) in [6, 6.07) is 11.9. The third-order valence-electron chi connectivity index (χ3n) is 7.31. The Hall–Kier alpha value is -2.34. The van der Waals surface area contributed by atoms with Crippen LogP contribution in [0.5, 0.6) is 0 Å². The highest BCUT2D eigenvalue weighted by atomic mass is 32.2. The van der Waals surface area contributed by atoms with Crippen molar-refractivity contribution in [3.8, 4) is 0 Å². The summed E-state index contributed by atoms with van der Waals surface area (Å²) in [5, 5.41) is 6.04. The van der Waals surface area contributed by atoms with Gasteiger partial charge in [0.15, 0.2) is 0 Å². The fraction of sp³-hybridized carbons (Fsp3) is 0.462. The first-order valence-electron chi connectivity index (χ1n) is 11.5. The molecule has 4 saturated carbocycles. The minimum atomic E-state index is -0.460. The van der Waals surface area contributed by atoms with Crippen molar-refractivity contribution < 1.29 is 14.0 Å². The van der Waals surface area contributed by atoms with Crippen molar-refractivity contribution in [2.75, 3.05) is 11.1 Å². The van der Waals surface area contributed by atoms with E-state index < -0.39 is 5.82 Å². The fourth-order valence-corrected chi connectivity index (χ4v) is 7.28. The second kappa shape index (κ2) is 8.54. The molecule has 0 radical (unpaired) electrons. The molecule has 4 nitrogen and oxygen atoms in total. The summed E-state index contributed by atoms with van der Waals surface area (Å²) in [5.74, 6) is 1.81. The fourth-order valence-electron chi connectivity index (χ4n) is 6.43. The van der Waals surface area contributed by atoms with Crippen molar-refractivity contribution in [2.45, 2.75) is 55.9 Å². The number of aryl methyl sites for hydroxylation is 1. The van der Waals surface area contributed by atoms with Gasteiger partial charge < -0.3 is 10.6 Å². The van der Waals surface area contributed by atoms with Crippen LogP contribution in [0.4, 0.5) is 10.1 Å². The molecule has 0 aliphatic heterocycles. The molecule has 4 aliphatic rings. The predicted octanol–water partition coefficient (Wildman–Crippen LogP) is 5.56. The van der Waals surface area contributed by atoms with Crippen LogP contribution in [0.25, 0.3) is 0 Å². The minimum Gasteiger partial charge on any atom is -0.350 e. The molecule has 4 fully saturated rings. The van der Waals surface area contributed by atoms with Gasteiger partial charge in [-0.25, -0.2) is 4.39 Å². The molecule has 168 valence electrons. The number of anilines is 1. The molecule has 2 N–H and O–H groups in total. The number of nitrogens with one attached hydrogen (secondary N) is 2. The molecule has 6 rings (SSSR count). The van der Waals surface area contributed by atoms with Crippen molar-refractivity contribution in [1.29, 1.82) is 0 Å². The van der Waals surface area contributed by atoms with Crippen LogP contribution in [-0.4, -0.2) is 23.1 Å². The van der Waals surface area contributed by atoms with Gasteiger partial charge in [-0.15, -0.1) is 11.8 Å². The van der Waals surface area contributed by atoms with Crippen LogP contribution in [0.3, 0.4) is 0 Å². The predicted molar refractivity (Wildman–Crippen MR) is 125 cm³/mol. The summed E-state index contributed by atoms with van der Waals surface area (Å²) in [6.45, 7) is 1.80. The van der Waals surface area contributed by atoms with Crippen molar-refractivity contribution in [1.82, 2.24) is 5.32 Å². The zero-order chi connectivity index (χ0) is 22.3. The minimum absolute atomic E-state index is 0.00769. The van der Waals surface area contributed by atoms with Gasteiger partial charge in [0, 0.05) is 10.4 Å². The smallest absolute Gasteiger partial charge is 0.256 e. The lowest BCUT2D eigenvalue weighted by molar-refractivity contribution is -0.124. The van der Waals surface area contributed by atoms with Crippen LogP contribution in [-0.2, 0) is 4.79 Å². The van der Waals surface area contributed by atoms with Gasteiger partial charge in [-0.3, -0.25) is 9.59 Å². The molecule has 0 aromatic heterocycles. The third kappa shape index (κ3) is 4.42. The first-order valence-corrected chi connectivity index (χ1v) is 12.5. The summed E-state index contributed by atoms with van der Waals surface area (Å²) < 4.78 is 14.2. The van der Waals surface area contributed by atoms with Crippen LogP contribution >= 0.6 is 11.8 Å². The lowest BCUT2D eigenvalue weighted by Crippen LogP contribution is -2.60. The van der Waals surface area contributed by atoms with E-state index in [1.54, 1.807) is 31.2 Å². The molecule has 0 saturated heterocycles. The summed E-state index contributed by atoms with van der Waals surface area (Å²) in [5.41, 5.74) is 1.38. The summed E-state index contributed by atoms with van der Waals surface area (Å²) in [4.78, 5) is 26.4. The van der Waals surface area contributed by atoms with Crippen LogP contribution < -0.4 is 10.6 Å². The third-order valence-corrected chi connectivity index (χ3v) is 8.38. The Morgan fingerprint density at radius 1 is 1.03 bits per heavy atom. The molecular weight excluding hydrogens is 423 g/mol. The Kier molecular flexibility index (Phi) is 5.74. The van der Waals surface area contributed by atoms with Gasteiger partial charge in [0.1, 0.15) is 5.82 Å². The zero-order valence-corrected chi connectivity index (χ0v) is 19.1. The number of hydrogen-bond donors (Lipinski definition) is 2. The van der Waals surface area contributed by atoms with Gasteiger partial charge in [-0.1, -0.05) is 18.2 Å². The van der Waals surface area contributed by atoms with E-state index in [0.717, 1.165) is 47.5 Å². The Labute approximate surface area is 192 Å². The quantitative estimate of drug-likeness (QED) is 0.564. The Balaban J connectivity index is 1.23. The molecule has 0 unspecified atom stereocenters. The first kappa shape index (κ1) is 21.5. The van der Waals surface area contributed by atoms with Crippen LogP contribution in [0.1, 0.15) is 54.4 Å². The SMILES string of the molecule is Cc1ccc(NC(=O)c2ccccc2SCC(=O)NC23CC4CC(CC(C4)C2)C3)c(F)c1. The van der Waals surface area contributed by atoms with Gasteiger partial charge in [0.05, 0.1) is 17.0 Å². The lowest BCUT2D eigenvalue weighted by atomic mass is 9.53. The van der Waals surface area contributed by atoms with Crippen LogP contribution in [0, 0.1) is 30.5 Å². The number of benzene rings is 2. The highest BCUT2D eigenvalue weighted by Gasteiger charge is 2.51. The van der Waals surface area contributed by atoms with E-state index in [1.807, 2.05) is 12.1 Å². The normalized spacial score (nSPS) is 27.9. The number of hydrogen-bond acceptors (Lipinski definition) is 3. The van der Waals surface area contributed by atoms with E-state index in [1.165, 1.54) is 37.1 Å². The standard InChI is InChI=1S/C26H29FN2O2S/c1-16-6-7-22(21(27)8-16)28-25(31)20-4-2-3-5-23(20)32-15-24(30)29-26-12-17-9-18(13-26)11-19(10-17)14-26/h2-8,17-19H,9-15H2,1H3,(H,28,31)(H,29,30). The number of carbonyl (C=O) groups excluding carboxylic acids is 2. The molecule has 4 aliphatic carbocycles. The Morgan fingerprint density at radius 2 is 1.69 bits per heavy atom. The van der Waals surface area contributed by atoms with E-state index >= 15 is 0 Å². The largest absolute Gasteiger partial charge is 0.350 e. The monoisotopic (exact) mass is 452 g/mol. The summed E-state index contributed by atoms with van der Waals surface area (Å²) in [6.07, 6.45) is 7.39. The molecule has 32 heavy (non-hydrogen) atoms. The maximum Gasteiger partial charge on any atom is 0.256 e. The number of carbonyl (C=O) groups is 2. The van der Waals surface area contributed by atoms with E-state index in [9.17, 15) is 14.0 Å². The molecule has 0 spiro atoms. The van der Waals surface area contributed by atoms with Crippen molar-refractivity contribution in [2.24, 2.45) is 17.8 Å². The molecule has 0 heterocycles. The van der Waals surface area contributed by atoms with E-state index in [2.05, 4.69) is 10.6 Å². The molecule has 4 bridgehead atoms. The van der Waals surface area contributed by atoms with Gasteiger partial charge in [-0.05, 0) is 93.0 Å². The molecule has 2 aromatic carbocycles. The second-order valence-corrected chi connectivity index (χ2v) is 11.0. The zero-order valence-electron chi connectivity index (χ0n) is 18.3. The Bertz CT molecular complexity index is 1020. The maximum atomic E-state index is 14.2. The summed E-state index contributed by atoms with van der Waals surface area (Å²) >= 11 is 1.36. The molecule has 6 heteroatoms. The average Bonchev–Trinajstić information content (AvgIpc) is 2.73. The van der Waals surface area contributed by atoms with Gasteiger partial charge in [-0.2, -0.15) is 0 Å². The summed E-state index contributed by atoms with van der Waals surface area (Å²) in [7, 11) is 0. The van der Waals surface area contributed by atoms with Crippen LogP contribution in [0.15, 0.2) is 47.4 Å². The van der Waals surface area contributed by atoms with Crippen molar-refractivity contribution >= 4 is 29.3 Å². The van der Waals surface area contributed by atoms with Crippen molar-refractivity contribution in [3.63, 3.8) is 0 Å². The molecule has 2 amide bonds. The van der Waals surface area contributed by atoms with Crippen molar-refractivity contribution in [3.05, 3.63) is 59.4 Å². The highest BCUT2D eigenvalue weighted by Crippen LogP contribution is 2.55. The number of rotatable bonds is 6. The first-order chi connectivity index (χ1) is 15.4. The van der Waals surface area contributed by atoms with E-state index in [0.29, 0.717) is 5.56 Å². The second-order valence-electron chi connectivity index (χ2n) is 9.97. The molecular formula is C26H29FN2O2S.